The third kappa shape index (κ3) is 2.67. The van der Waals surface area contributed by atoms with Crippen molar-refractivity contribution in [1.29, 1.82) is 0 Å². The second-order valence-electron chi connectivity index (χ2n) is 3.39. The fourth-order valence-electron chi connectivity index (χ4n) is 1.28. The number of nitrogens with zero attached hydrogens (tertiary/aromatic N) is 1. The highest BCUT2D eigenvalue weighted by Gasteiger charge is 2.05. The highest BCUT2D eigenvalue weighted by Crippen LogP contribution is 2.26. The third-order valence-corrected chi connectivity index (χ3v) is 3.03. The van der Waals surface area contributed by atoms with Gasteiger partial charge in [0.2, 0.25) is 0 Å². The third-order valence-electron chi connectivity index (χ3n) is 2.16. The maximum absolute atomic E-state index is 11.5. The predicted molar refractivity (Wildman–Crippen MR) is 69.2 cm³/mol. The molecule has 1 aromatic carbocycles. The maximum Gasteiger partial charge on any atom is 0.281 e. The molecule has 18 heavy (non-hydrogen) atoms. The lowest BCUT2D eigenvalue weighted by Gasteiger charge is -2.00. The van der Waals surface area contributed by atoms with Crippen LogP contribution in [0.25, 0.3) is 0 Å². The molecule has 1 heterocycles. The van der Waals surface area contributed by atoms with Crippen molar-refractivity contribution in [3.8, 4) is 11.5 Å². The fraction of sp³-hybridized carbons (Fsp3) is 0. The smallest absolute Gasteiger partial charge is 0.281 e. The fourth-order valence-corrected chi connectivity index (χ4v) is 1.89. The molecular formula is C12H10N2O3S. The van der Waals surface area contributed by atoms with Crippen molar-refractivity contribution in [3.05, 3.63) is 46.2 Å². The summed E-state index contributed by atoms with van der Waals surface area (Å²) in [5, 5.41) is 24.3. The summed E-state index contributed by atoms with van der Waals surface area (Å²) in [4.78, 5) is 12.1. The molecule has 0 bridgehead atoms. The topological polar surface area (TPSA) is 81.9 Å². The number of carbonyl (C=O) groups is 1. The van der Waals surface area contributed by atoms with Crippen LogP contribution in [-0.2, 0) is 0 Å². The number of amides is 1. The van der Waals surface area contributed by atoms with Crippen LogP contribution in [0.2, 0.25) is 0 Å². The minimum atomic E-state index is -0.319. The van der Waals surface area contributed by atoms with Crippen LogP contribution in [0.15, 0.2) is 40.8 Å². The normalized spacial score (nSPS) is 10.7. The molecule has 3 N–H and O–H groups in total. The van der Waals surface area contributed by atoms with Gasteiger partial charge in [0, 0.05) is 5.56 Å². The van der Waals surface area contributed by atoms with E-state index in [2.05, 4.69) is 10.5 Å². The highest BCUT2D eigenvalue weighted by molar-refractivity contribution is 7.12. The number of phenols is 2. The zero-order chi connectivity index (χ0) is 13.0. The number of hydrazone groups is 1. The van der Waals surface area contributed by atoms with Gasteiger partial charge in [-0.25, -0.2) is 5.43 Å². The van der Waals surface area contributed by atoms with E-state index in [-0.39, 0.29) is 17.4 Å². The molecule has 0 unspecified atom stereocenters. The Hall–Kier alpha value is -2.34. The van der Waals surface area contributed by atoms with Crippen LogP contribution in [0.3, 0.4) is 0 Å². The zero-order valence-corrected chi connectivity index (χ0v) is 10.0. The van der Waals surface area contributed by atoms with Crippen molar-refractivity contribution in [2.24, 2.45) is 5.10 Å². The number of rotatable bonds is 3. The number of benzene rings is 1. The SMILES string of the molecule is O=C(N/N=C/c1cccc(O)c1O)c1cccs1. The van der Waals surface area contributed by atoms with Crippen LogP contribution in [0.1, 0.15) is 15.2 Å². The van der Waals surface area contributed by atoms with E-state index < -0.39 is 0 Å². The van der Waals surface area contributed by atoms with Crippen molar-refractivity contribution >= 4 is 23.5 Å². The first-order valence-corrected chi connectivity index (χ1v) is 5.94. The minimum absolute atomic E-state index is 0.233. The van der Waals surface area contributed by atoms with E-state index in [9.17, 15) is 15.0 Å². The molecule has 6 heteroatoms. The molecule has 0 aliphatic heterocycles. The monoisotopic (exact) mass is 262 g/mol. The summed E-state index contributed by atoms with van der Waals surface area (Å²) in [5.41, 5.74) is 2.65. The molecule has 1 aromatic heterocycles. The molecule has 0 atom stereocenters. The summed E-state index contributed by atoms with van der Waals surface area (Å²) in [5.74, 6) is -0.823. The summed E-state index contributed by atoms with van der Waals surface area (Å²) in [6, 6.07) is 7.94. The Labute approximate surface area is 107 Å². The Bertz CT molecular complexity index is 579. The Balaban J connectivity index is 2.04. The number of carbonyl (C=O) groups excluding carboxylic acids is 1. The van der Waals surface area contributed by atoms with Crippen LogP contribution in [-0.4, -0.2) is 22.3 Å². The average Bonchev–Trinajstić information content (AvgIpc) is 2.88. The summed E-state index contributed by atoms with van der Waals surface area (Å²) in [6.45, 7) is 0. The van der Waals surface area contributed by atoms with E-state index in [0.717, 1.165) is 0 Å². The summed E-state index contributed by atoms with van der Waals surface area (Å²) in [6.07, 6.45) is 1.26. The molecule has 0 saturated carbocycles. The lowest BCUT2D eigenvalue weighted by atomic mass is 10.2. The van der Waals surface area contributed by atoms with Crippen molar-refractivity contribution in [1.82, 2.24) is 5.43 Å². The van der Waals surface area contributed by atoms with Gasteiger partial charge >= 0.3 is 0 Å². The average molecular weight is 262 g/mol. The van der Waals surface area contributed by atoms with E-state index in [1.807, 2.05) is 0 Å². The van der Waals surface area contributed by atoms with Gasteiger partial charge in [0.1, 0.15) is 0 Å². The Kier molecular flexibility index (Phi) is 3.59. The van der Waals surface area contributed by atoms with E-state index in [1.54, 1.807) is 29.6 Å². The molecule has 0 aliphatic carbocycles. The minimum Gasteiger partial charge on any atom is -0.504 e. The maximum atomic E-state index is 11.5. The number of hydrogen-bond acceptors (Lipinski definition) is 5. The van der Waals surface area contributed by atoms with Crippen molar-refractivity contribution in [2.45, 2.75) is 0 Å². The van der Waals surface area contributed by atoms with Gasteiger partial charge in [-0.15, -0.1) is 11.3 Å². The highest BCUT2D eigenvalue weighted by atomic mass is 32.1. The number of nitrogens with one attached hydrogen (secondary N) is 1. The van der Waals surface area contributed by atoms with Crippen molar-refractivity contribution in [2.75, 3.05) is 0 Å². The number of para-hydroxylation sites is 1. The van der Waals surface area contributed by atoms with E-state index >= 15 is 0 Å². The first-order chi connectivity index (χ1) is 8.68. The van der Waals surface area contributed by atoms with Crippen LogP contribution in [0.4, 0.5) is 0 Å². The molecule has 2 aromatic rings. The summed E-state index contributed by atoms with van der Waals surface area (Å²) < 4.78 is 0. The van der Waals surface area contributed by atoms with Gasteiger partial charge in [0.05, 0.1) is 11.1 Å². The molecule has 92 valence electrons. The van der Waals surface area contributed by atoms with E-state index in [4.69, 9.17) is 0 Å². The van der Waals surface area contributed by atoms with Crippen LogP contribution in [0.5, 0.6) is 11.5 Å². The van der Waals surface area contributed by atoms with Gasteiger partial charge in [-0.2, -0.15) is 5.10 Å². The first-order valence-electron chi connectivity index (χ1n) is 5.06. The molecule has 5 nitrogen and oxygen atoms in total. The first kappa shape index (κ1) is 12.1. The summed E-state index contributed by atoms with van der Waals surface area (Å²) >= 11 is 1.31. The quantitative estimate of drug-likeness (QED) is 0.449. The summed E-state index contributed by atoms with van der Waals surface area (Å²) in [7, 11) is 0. The van der Waals surface area contributed by atoms with E-state index in [0.29, 0.717) is 10.4 Å². The standard InChI is InChI=1S/C12H10N2O3S/c15-9-4-1-3-8(11(9)16)7-13-14-12(17)10-5-2-6-18-10/h1-7,15-16H,(H,14,17)/b13-7+. The zero-order valence-electron chi connectivity index (χ0n) is 9.20. The van der Waals surface area contributed by atoms with Crippen molar-refractivity contribution < 1.29 is 15.0 Å². The van der Waals surface area contributed by atoms with Gasteiger partial charge < -0.3 is 10.2 Å². The van der Waals surface area contributed by atoms with Gasteiger partial charge in [-0.1, -0.05) is 12.1 Å². The second-order valence-corrected chi connectivity index (χ2v) is 4.34. The molecule has 0 fully saturated rings. The predicted octanol–water partition coefficient (Wildman–Crippen LogP) is 1.92. The molecule has 0 radical (unpaired) electrons. The van der Waals surface area contributed by atoms with Gasteiger partial charge in [-0.05, 0) is 23.6 Å². The Morgan fingerprint density at radius 1 is 1.28 bits per heavy atom. The van der Waals surface area contributed by atoms with Crippen molar-refractivity contribution in [3.63, 3.8) is 0 Å². The lowest BCUT2D eigenvalue weighted by Crippen LogP contribution is -2.16. The molecule has 0 aliphatic rings. The second kappa shape index (κ2) is 5.33. The van der Waals surface area contributed by atoms with Gasteiger partial charge in [0.15, 0.2) is 11.5 Å². The largest absolute Gasteiger partial charge is 0.504 e. The van der Waals surface area contributed by atoms with Crippen LogP contribution < -0.4 is 5.43 Å². The lowest BCUT2D eigenvalue weighted by molar-refractivity contribution is 0.0959. The number of hydrogen-bond donors (Lipinski definition) is 3. The van der Waals surface area contributed by atoms with Crippen LogP contribution >= 0.6 is 11.3 Å². The molecule has 0 spiro atoms. The Morgan fingerprint density at radius 2 is 2.11 bits per heavy atom. The molecular weight excluding hydrogens is 252 g/mol. The van der Waals surface area contributed by atoms with Crippen LogP contribution in [0, 0.1) is 0 Å². The number of thiophene rings is 1. The molecule has 1 amide bonds. The van der Waals surface area contributed by atoms with E-state index in [1.165, 1.54) is 23.6 Å². The van der Waals surface area contributed by atoms with Gasteiger partial charge in [-0.3, -0.25) is 4.79 Å². The number of aromatic hydroxyl groups is 2. The van der Waals surface area contributed by atoms with Gasteiger partial charge in [0.25, 0.3) is 5.91 Å². The molecule has 2 rings (SSSR count). The number of phenolic OH excluding ortho intramolecular Hbond substituents is 2. The Morgan fingerprint density at radius 3 is 2.83 bits per heavy atom. The molecule has 0 saturated heterocycles.